The van der Waals surface area contributed by atoms with E-state index < -0.39 is 5.82 Å². The maximum Gasteiger partial charge on any atom is 0.165 e. The van der Waals surface area contributed by atoms with Crippen LogP contribution in [0.15, 0.2) is 48.7 Å². The number of aromatic nitrogens is 3. The largest absolute Gasteiger partial charge is 0.504 e. The molecular weight excluding hydrogens is 345 g/mol. The summed E-state index contributed by atoms with van der Waals surface area (Å²) in [5.74, 6) is -1.14. The molecule has 0 bridgehead atoms. The van der Waals surface area contributed by atoms with Crippen molar-refractivity contribution < 1.29 is 14.6 Å². The maximum atomic E-state index is 14.2. The molecule has 0 saturated carbocycles. The number of fused-ring (bicyclic) bond motifs is 1. The number of benzene rings is 2. The molecule has 0 spiro atoms. The Hall–Kier alpha value is -3.41. The van der Waals surface area contributed by atoms with E-state index in [-0.39, 0.29) is 17.4 Å². The second kappa shape index (κ2) is 6.39. The van der Waals surface area contributed by atoms with Crippen LogP contribution >= 0.6 is 0 Å². The Kier molecular flexibility index (Phi) is 4.03. The molecule has 4 rings (SSSR count). The number of aromatic amines is 1. The SMILES string of the molecule is Cc1[nH]nc2c(-c3cc([C@@H](C)c4ccccn4)cc(O)c3O)cc(F)cc12. The van der Waals surface area contributed by atoms with Gasteiger partial charge in [0.25, 0.3) is 0 Å². The summed E-state index contributed by atoms with van der Waals surface area (Å²) in [5, 5.41) is 28.5. The normalized spacial score (nSPS) is 12.4. The van der Waals surface area contributed by atoms with Crippen LogP contribution in [0.1, 0.15) is 29.8 Å². The lowest BCUT2D eigenvalue weighted by Gasteiger charge is -2.15. The Morgan fingerprint density at radius 1 is 1.07 bits per heavy atom. The first-order chi connectivity index (χ1) is 13.0. The molecule has 0 aliphatic rings. The van der Waals surface area contributed by atoms with Crippen LogP contribution in [0.4, 0.5) is 4.39 Å². The molecule has 2 aromatic heterocycles. The summed E-state index contributed by atoms with van der Waals surface area (Å²) >= 11 is 0. The van der Waals surface area contributed by atoms with Gasteiger partial charge in [-0.2, -0.15) is 5.10 Å². The molecule has 0 saturated heterocycles. The summed E-state index contributed by atoms with van der Waals surface area (Å²) in [5.41, 5.74) is 3.58. The van der Waals surface area contributed by atoms with Crippen molar-refractivity contribution in [2.24, 2.45) is 0 Å². The van der Waals surface area contributed by atoms with Crippen LogP contribution in [0.3, 0.4) is 0 Å². The van der Waals surface area contributed by atoms with Gasteiger partial charge >= 0.3 is 0 Å². The molecule has 0 radical (unpaired) electrons. The van der Waals surface area contributed by atoms with E-state index in [1.807, 2.05) is 25.1 Å². The van der Waals surface area contributed by atoms with Crippen LogP contribution in [0.5, 0.6) is 11.5 Å². The van der Waals surface area contributed by atoms with Crippen molar-refractivity contribution in [2.75, 3.05) is 0 Å². The average Bonchev–Trinajstić information content (AvgIpc) is 3.04. The molecule has 1 atom stereocenters. The lowest BCUT2D eigenvalue weighted by molar-refractivity contribution is 0.404. The van der Waals surface area contributed by atoms with Crippen LogP contribution in [0, 0.1) is 12.7 Å². The van der Waals surface area contributed by atoms with Gasteiger partial charge in [0.15, 0.2) is 11.5 Å². The van der Waals surface area contributed by atoms with Gasteiger partial charge in [-0.1, -0.05) is 13.0 Å². The summed E-state index contributed by atoms with van der Waals surface area (Å²) in [6.45, 7) is 3.76. The topological polar surface area (TPSA) is 82.0 Å². The average molecular weight is 363 g/mol. The summed E-state index contributed by atoms with van der Waals surface area (Å²) in [6, 6.07) is 11.6. The second-order valence-corrected chi connectivity index (χ2v) is 6.61. The number of nitrogens with one attached hydrogen (secondary N) is 1. The number of rotatable bonds is 3. The van der Waals surface area contributed by atoms with Gasteiger partial charge in [0, 0.05) is 40.0 Å². The molecule has 0 aliphatic carbocycles. The van der Waals surface area contributed by atoms with E-state index in [0.717, 1.165) is 17.0 Å². The summed E-state index contributed by atoms with van der Waals surface area (Å²) in [7, 11) is 0. The van der Waals surface area contributed by atoms with E-state index in [0.29, 0.717) is 22.0 Å². The predicted molar refractivity (Wildman–Crippen MR) is 101 cm³/mol. The van der Waals surface area contributed by atoms with E-state index in [2.05, 4.69) is 15.2 Å². The summed E-state index contributed by atoms with van der Waals surface area (Å²) in [4.78, 5) is 4.36. The Balaban J connectivity index is 1.93. The third-order valence-corrected chi connectivity index (χ3v) is 4.85. The van der Waals surface area contributed by atoms with Gasteiger partial charge in [0.1, 0.15) is 11.3 Å². The van der Waals surface area contributed by atoms with E-state index >= 15 is 0 Å². The number of halogens is 1. The number of hydrogen-bond acceptors (Lipinski definition) is 4. The minimum atomic E-state index is -0.441. The van der Waals surface area contributed by atoms with E-state index in [9.17, 15) is 14.6 Å². The van der Waals surface area contributed by atoms with E-state index in [1.165, 1.54) is 18.2 Å². The monoisotopic (exact) mass is 363 g/mol. The number of phenols is 2. The molecule has 2 heterocycles. The Labute approximate surface area is 155 Å². The predicted octanol–water partition coefficient (Wildman–Crippen LogP) is 4.64. The maximum absolute atomic E-state index is 14.2. The zero-order chi connectivity index (χ0) is 19.1. The zero-order valence-electron chi connectivity index (χ0n) is 14.9. The molecule has 5 nitrogen and oxygen atoms in total. The number of aromatic hydroxyl groups is 2. The molecule has 0 aliphatic heterocycles. The van der Waals surface area contributed by atoms with Crippen molar-refractivity contribution in [1.29, 1.82) is 0 Å². The molecular formula is C21H18FN3O2. The number of phenolic OH excluding ortho intramolecular Hbond substituents is 2. The first-order valence-corrected chi connectivity index (χ1v) is 8.57. The van der Waals surface area contributed by atoms with Crippen molar-refractivity contribution >= 4 is 10.9 Å². The number of pyridine rings is 1. The van der Waals surface area contributed by atoms with Crippen LogP contribution in [-0.4, -0.2) is 25.4 Å². The first kappa shape index (κ1) is 17.0. The van der Waals surface area contributed by atoms with Gasteiger partial charge in [-0.05, 0) is 48.9 Å². The standard InChI is InChI=1S/C21H18FN3O2/c1-11(18-5-3-4-6-23-18)13-7-17(21(27)19(26)8-13)16-10-14(22)9-15-12(2)24-25-20(15)16/h3-11,26-27H,1-2H3,(H,24,25)/t11-/m1/s1. The van der Waals surface area contributed by atoms with Gasteiger partial charge in [-0.25, -0.2) is 4.39 Å². The van der Waals surface area contributed by atoms with Gasteiger partial charge in [0.05, 0.1) is 0 Å². The quantitative estimate of drug-likeness (QED) is 0.463. The molecule has 3 N–H and O–H groups in total. The lowest BCUT2D eigenvalue weighted by atomic mass is 9.92. The lowest BCUT2D eigenvalue weighted by Crippen LogP contribution is -1.99. The second-order valence-electron chi connectivity index (χ2n) is 6.61. The number of hydrogen-bond donors (Lipinski definition) is 3. The highest BCUT2D eigenvalue weighted by atomic mass is 19.1. The highest BCUT2D eigenvalue weighted by molar-refractivity contribution is 5.97. The van der Waals surface area contributed by atoms with Gasteiger partial charge in [-0.15, -0.1) is 0 Å². The molecule has 0 amide bonds. The molecule has 4 aromatic rings. The fraction of sp³-hybridized carbons (Fsp3) is 0.143. The summed E-state index contributed by atoms with van der Waals surface area (Å²) < 4.78 is 14.2. The van der Waals surface area contributed by atoms with E-state index in [4.69, 9.17) is 0 Å². The smallest absolute Gasteiger partial charge is 0.165 e. The number of H-pyrrole nitrogens is 1. The number of aryl methyl sites for hydroxylation is 1. The van der Waals surface area contributed by atoms with Crippen molar-refractivity contribution in [3.8, 4) is 22.6 Å². The van der Waals surface area contributed by atoms with Crippen LogP contribution < -0.4 is 0 Å². The third kappa shape index (κ3) is 2.89. The van der Waals surface area contributed by atoms with Crippen LogP contribution in [0.2, 0.25) is 0 Å². The first-order valence-electron chi connectivity index (χ1n) is 8.57. The minimum absolute atomic E-state index is 0.124. The molecule has 27 heavy (non-hydrogen) atoms. The zero-order valence-corrected chi connectivity index (χ0v) is 14.9. The fourth-order valence-corrected chi connectivity index (χ4v) is 3.31. The third-order valence-electron chi connectivity index (χ3n) is 4.85. The van der Waals surface area contributed by atoms with Crippen LogP contribution in [-0.2, 0) is 0 Å². The minimum Gasteiger partial charge on any atom is -0.504 e. The highest BCUT2D eigenvalue weighted by Crippen LogP contribution is 2.42. The molecule has 2 aromatic carbocycles. The van der Waals surface area contributed by atoms with Crippen molar-refractivity contribution in [2.45, 2.75) is 19.8 Å². The summed E-state index contributed by atoms with van der Waals surface area (Å²) in [6.07, 6.45) is 1.70. The fourth-order valence-electron chi connectivity index (χ4n) is 3.31. The Bertz CT molecular complexity index is 1140. The number of nitrogens with zero attached hydrogens (tertiary/aromatic N) is 2. The van der Waals surface area contributed by atoms with Crippen molar-refractivity contribution in [3.05, 3.63) is 71.4 Å². The molecule has 0 unspecified atom stereocenters. The molecule has 6 heteroatoms. The Morgan fingerprint density at radius 3 is 2.63 bits per heavy atom. The van der Waals surface area contributed by atoms with Gasteiger partial charge in [-0.3, -0.25) is 10.1 Å². The van der Waals surface area contributed by atoms with Gasteiger partial charge in [0.2, 0.25) is 0 Å². The molecule has 136 valence electrons. The van der Waals surface area contributed by atoms with Crippen LogP contribution in [0.25, 0.3) is 22.0 Å². The highest BCUT2D eigenvalue weighted by Gasteiger charge is 2.20. The van der Waals surface area contributed by atoms with Crippen molar-refractivity contribution in [1.82, 2.24) is 15.2 Å². The van der Waals surface area contributed by atoms with Crippen molar-refractivity contribution in [3.63, 3.8) is 0 Å². The van der Waals surface area contributed by atoms with E-state index in [1.54, 1.807) is 19.2 Å². The Morgan fingerprint density at radius 2 is 1.89 bits per heavy atom. The van der Waals surface area contributed by atoms with Gasteiger partial charge < -0.3 is 10.2 Å². The molecule has 0 fully saturated rings.